The lowest BCUT2D eigenvalue weighted by Gasteiger charge is -2.35. The van der Waals surface area contributed by atoms with Crippen molar-refractivity contribution in [3.8, 4) is 0 Å². The number of fused-ring (bicyclic) bond motifs is 1. The summed E-state index contributed by atoms with van der Waals surface area (Å²) in [4.78, 5) is 18.8. The summed E-state index contributed by atoms with van der Waals surface area (Å²) in [6.45, 7) is 5.74. The predicted octanol–water partition coefficient (Wildman–Crippen LogP) is 1.94. The Balaban J connectivity index is 1.96. The zero-order valence-corrected chi connectivity index (χ0v) is 15.1. The fourth-order valence-corrected chi connectivity index (χ4v) is 4.42. The molecule has 1 saturated heterocycles. The summed E-state index contributed by atoms with van der Waals surface area (Å²) in [5, 5.41) is -0.0462. The standard InChI is InChI=1S/C17H23N3O3S/c1-12-8-13(2)10-19(9-12)16(21)11-20-15-7-5-4-6-14(15)18-17(20)24(3,22)23/h4-7,12-13H,8-11H2,1-3H3/t12-,13-/m1/s1. The van der Waals surface area contributed by atoms with Crippen molar-refractivity contribution < 1.29 is 13.2 Å². The Morgan fingerprint density at radius 2 is 1.83 bits per heavy atom. The molecule has 130 valence electrons. The van der Waals surface area contributed by atoms with Crippen LogP contribution in [0, 0.1) is 11.8 Å². The second-order valence-corrected chi connectivity index (χ2v) is 8.90. The highest BCUT2D eigenvalue weighted by Crippen LogP contribution is 2.23. The molecule has 7 heteroatoms. The van der Waals surface area contributed by atoms with Gasteiger partial charge >= 0.3 is 0 Å². The van der Waals surface area contributed by atoms with Crippen molar-refractivity contribution in [3.63, 3.8) is 0 Å². The Bertz CT molecular complexity index is 862. The average Bonchev–Trinajstić information content (AvgIpc) is 2.85. The van der Waals surface area contributed by atoms with Gasteiger partial charge in [0.05, 0.1) is 11.0 Å². The van der Waals surface area contributed by atoms with Crippen LogP contribution in [0.5, 0.6) is 0 Å². The third-order valence-corrected chi connectivity index (χ3v) is 5.44. The van der Waals surface area contributed by atoms with Crippen molar-refractivity contribution in [1.29, 1.82) is 0 Å². The number of likely N-dealkylation sites (tertiary alicyclic amines) is 1. The number of rotatable bonds is 3. The van der Waals surface area contributed by atoms with Crippen molar-refractivity contribution in [2.24, 2.45) is 11.8 Å². The first kappa shape index (κ1) is 17.0. The van der Waals surface area contributed by atoms with Crippen molar-refractivity contribution in [2.75, 3.05) is 19.3 Å². The van der Waals surface area contributed by atoms with Gasteiger partial charge in [-0.05, 0) is 30.4 Å². The Morgan fingerprint density at radius 3 is 2.46 bits per heavy atom. The summed E-state index contributed by atoms with van der Waals surface area (Å²) < 4.78 is 25.7. The molecule has 2 heterocycles. The van der Waals surface area contributed by atoms with E-state index in [1.165, 1.54) is 4.57 Å². The topological polar surface area (TPSA) is 72.3 Å². The van der Waals surface area contributed by atoms with Gasteiger partial charge in [0.25, 0.3) is 0 Å². The first-order valence-electron chi connectivity index (χ1n) is 8.19. The van der Waals surface area contributed by atoms with E-state index in [2.05, 4.69) is 18.8 Å². The summed E-state index contributed by atoms with van der Waals surface area (Å²) in [6, 6.07) is 7.19. The quantitative estimate of drug-likeness (QED) is 0.849. The number of hydrogen-bond acceptors (Lipinski definition) is 4. The summed E-state index contributed by atoms with van der Waals surface area (Å²) >= 11 is 0. The minimum absolute atomic E-state index is 0.00234. The second kappa shape index (κ2) is 6.20. The SMILES string of the molecule is C[C@@H]1C[C@@H](C)CN(C(=O)Cn2c(S(C)(=O)=O)nc3ccccc32)C1. The first-order chi connectivity index (χ1) is 11.3. The molecule has 0 bridgehead atoms. The number of imidazole rings is 1. The number of para-hydroxylation sites is 2. The van der Waals surface area contributed by atoms with Gasteiger partial charge in [0, 0.05) is 19.3 Å². The van der Waals surface area contributed by atoms with Gasteiger partial charge in [-0.15, -0.1) is 0 Å². The van der Waals surface area contributed by atoms with Crippen LogP contribution in [0.1, 0.15) is 20.3 Å². The van der Waals surface area contributed by atoms with E-state index in [4.69, 9.17) is 0 Å². The molecule has 1 aliphatic rings. The molecule has 1 fully saturated rings. The first-order valence-corrected chi connectivity index (χ1v) is 10.1. The number of benzene rings is 1. The molecule has 6 nitrogen and oxygen atoms in total. The van der Waals surface area contributed by atoms with E-state index in [0.717, 1.165) is 25.8 Å². The monoisotopic (exact) mass is 349 g/mol. The summed E-state index contributed by atoms with van der Waals surface area (Å²) in [6.07, 6.45) is 2.24. The fraction of sp³-hybridized carbons (Fsp3) is 0.529. The molecule has 24 heavy (non-hydrogen) atoms. The number of carbonyl (C=O) groups excluding carboxylic acids is 1. The Labute approximate surface area is 142 Å². The highest BCUT2D eigenvalue weighted by molar-refractivity contribution is 7.90. The molecule has 0 aliphatic carbocycles. The average molecular weight is 349 g/mol. The minimum Gasteiger partial charge on any atom is -0.341 e. The van der Waals surface area contributed by atoms with E-state index in [-0.39, 0.29) is 17.6 Å². The number of amides is 1. The molecular weight excluding hydrogens is 326 g/mol. The van der Waals surface area contributed by atoms with Crippen LogP contribution in [-0.4, -0.2) is 48.1 Å². The smallest absolute Gasteiger partial charge is 0.242 e. The van der Waals surface area contributed by atoms with Gasteiger partial charge in [-0.1, -0.05) is 26.0 Å². The molecule has 3 rings (SSSR count). The zero-order valence-electron chi connectivity index (χ0n) is 14.3. The van der Waals surface area contributed by atoms with Gasteiger partial charge in [-0.2, -0.15) is 0 Å². The molecule has 0 saturated carbocycles. The van der Waals surface area contributed by atoms with E-state index >= 15 is 0 Å². The van der Waals surface area contributed by atoms with E-state index < -0.39 is 9.84 Å². The maximum absolute atomic E-state index is 12.8. The highest BCUT2D eigenvalue weighted by Gasteiger charge is 2.27. The van der Waals surface area contributed by atoms with Crippen molar-refractivity contribution in [1.82, 2.24) is 14.5 Å². The number of piperidine rings is 1. The zero-order chi connectivity index (χ0) is 17.5. The van der Waals surface area contributed by atoms with Crippen LogP contribution in [0.25, 0.3) is 11.0 Å². The molecule has 1 aromatic heterocycles. The normalized spacial score (nSPS) is 22.0. The maximum Gasteiger partial charge on any atom is 0.242 e. The molecule has 0 unspecified atom stereocenters. The van der Waals surface area contributed by atoms with Crippen molar-refractivity contribution in [3.05, 3.63) is 24.3 Å². The van der Waals surface area contributed by atoms with Crippen LogP contribution < -0.4 is 0 Å². The lowest BCUT2D eigenvalue weighted by Crippen LogP contribution is -2.44. The highest BCUT2D eigenvalue weighted by atomic mass is 32.2. The van der Waals surface area contributed by atoms with Crippen LogP contribution >= 0.6 is 0 Å². The van der Waals surface area contributed by atoms with Crippen molar-refractivity contribution >= 4 is 26.8 Å². The van der Waals surface area contributed by atoms with Gasteiger partial charge in [0.1, 0.15) is 6.54 Å². The van der Waals surface area contributed by atoms with Crippen molar-refractivity contribution in [2.45, 2.75) is 32.0 Å². The van der Waals surface area contributed by atoms with Crippen LogP contribution in [0.4, 0.5) is 0 Å². The van der Waals surface area contributed by atoms with Gasteiger partial charge in [0.2, 0.25) is 20.9 Å². The van der Waals surface area contributed by atoms with Gasteiger partial charge in [-0.25, -0.2) is 13.4 Å². The number of aromatic nitrogens is 2. The summed E-state index contributed by atoms with van der Waals surface area (Å²) in [5.41, 5.74) is 1.26. The number of sulfone groups is 1. The molecule has 1 aromatic carbocycles. The summed E-state index contributed by atoms with van der Waals surface area (Å²) in [5.74, 6) is 0.875. The number of nitrogens with zero attached hydrogens (tertiary/aromatic N) is 3. The lowest BCUT2D eigenvalue weighted by molar-refractivity contribution is -0.134. The van der Waals surface area contributed by atoms with E-state index in [1.807, 2.05) is 17.0 Å². The Hall–Kier alpha value is -1.89. The molecule has 1 amide bonds. The third-order valence-electron chi connectivity index (χ3n) is 4.47. The molecule has 2 atom stereocenters. The molecule has 1 aliphatic heterocycles. The predicted molar refractivity (Wildman–Crippen MR) is 92.4 cm³/mol. The van der Waals surface area contributed by atoms with E-state index in [0.29, 0.717) is 22.9 Å². The largest absolute Gasteiger partial charge is 0.341 e. The fourth-order valence-electron chi connectivity index (χ4n) is 3.59. The molecule has 0 spiro atoms. The van der Waals surface area contributed by atoms with Gasteiger partial charge < -0.3 is 9.47 Å². The number of carbonyl (C=O) groups is 1. The molecule has 0 N–H and O–H groups in total. The molecular formula is C17H23N3O3S. The maximum atomic E-state index is 12.8. The molecule has 2 aromatic rings. The van der Waals surface area contributed by atoms with Crippen LogP contribution in [0.2, 0.25) is 0 Å². The second-order valence-electron chi connectivity index (χ2n) is 6.99. The lowest BCUT2D eigenvalue weighted by atomic mass is 9.92. The van der Waals surface area contributed by atoms with Crippen LogP contribution in [0.3, 0.4) is 0 Å². The van der Waals surface area contributed by atoms with Gasteiger partial charge in [-0.3, -0.25) is 4.79 Å². The van der Waals surface area contributed by atoms with Crippen LogP contribution in [0.15, 0.2) is 29.4 Å². The van der Waals surface area contributed by atoms with Gasteiger partial charge in [0.15, 0.2) is 0 Å². The third kappa shape index (κ3) is 3.31. The van der Waals surface area contributed by atoms with E-state index in [1.54, 1.807) is 12.1 Å². The number of hydrogen-bond donors (Lipinski definition) is 0. The Kier molecular flexibility index (Phi) is 4.38. The van der Waals surface area contributed by atoms with E-state index in [9.17, 15) is 13.2 Å². The minimum atomic E-state index is -3.51. The Morgan fingerprint density at radius 1 is 1.21 bits per heavy atom. The van der Waals surface area contributed by atoms with Crippen LogP contribution in [-0.2, 0) is 21.2 Å². The molecule has 0 radical (unpaired) electrons. The summed E-state index contributed by atoms with van der Waals surface area (Å²) in [7, 11) is -3.51.